The van der Waals surface area contributed by atoms with Crippen LogP contribution in [0.15, 0.2) is 11.1 Å². The van der Waals surface area contributed by atoms with Gasteiger partial charge in [0.2, 0.25) is 0 Å². The van der Waals surface area contributed by atoms with Crippen LogP contribution in [0.25, 0.3) is 11.2 Å². The number of imidazole rings is 1. The molecule has 1 unspecified atom stereocenters. The van der Waals surface area contributed by atoms with Gasteiger partial charge in [-0.1, -0.05) is 0 Å². The van der Waals surface area contributed by atoms with Crippen molar-refractivity contribution >= 4 is 40.7 Å². The summed E-state index contributed by atoms with van der Waals surface area (Å²) in [6, 6.07) is 0. The van der Waals surface area contributed by atoms with Crippen molar-refractivity contribution in [3.8, 4) is 0 Å². The van der Waals surface area contributed by atoms with Gasteiger partial charge in [-0.3, -0.25) is 13.6 Å². The van der Waals surface area contributed by atoms with E-state index in [0.29, 0.717) is 15.9 Å². The quantitative estimate of drug-likeness (QED) is 0.432. The van der Waals surface area contributed by atoms with Gasteiger partial charge in [0.1, 0.15) is 24.6 Å². The molecule has 124 valence electrons. The van der Waals surface area contributed by atoms with Gasteiger partial charge in [0.05, 0.1) is 6.61 Å². The predicted molar refractivity (Wildman–Crippen MR) is 78.0 cm³/mol. The summed E-state index contributed by atoms with van der Waals surface area (Å²) in [6.45, 7) is -0.173. The molecule has 2 fully saturated rings. The van der Waals surface area contributed by atoms with E-state index in [2.05, 4.69) is 30.9 Å². The van der Waals surface area contributed by atoms with E-state index in [1.807, 2.05) is 0 Å². The summed E-state index contributed by atoms with van der Waals surface area (Å²) in [7, 11) is -4.19. The summed E-state index contributed by atoms with van der Waals surface area (Å²) >= 11 is 3.26. The molecular formula is C10H11BrN5O6P. The van der Waals surface area contributed by atoms with Gasteiger partial charge in [0, 0.05) is 0 Å². The highest BCUT2D eigenvalue weighted by atomic mass is 79.9. The van der Waals surface area contributed by atoms with E-state index < -0.39 is 32.4 Å². The van der Waals surface area contributed by atoms with Crippen LogP contribution in [0.5, 0.6) is 0 Å². The van der Waals surface area contributed by atoms with Gasteiger partial charge in [-0.05, 0) is 15.9 Å². The van der Waals surface area contributed by atoms with Crippen molar-refractivity contribution in [3.63, 3.8) is 0 Å². The molecule has 0 aromatic carbocycles. The number of aliphatic hydroxyl groups excluding tert-OH is 1. The van der Waals surface area contributed by atoms with Gasteiger partial charge in [0.25, 0.3) is 0 Å². The average molecular weight is 408 g/mol. The number of phosphoric acid groups is 1. The minimum Gasteiger partial charge on any atom is -0.386 e. The number of aromatic nitrogens is 4. The molecule has 23 heavy (non-hydrogen) atoms. The van der Waals surface area contributed by atoms with Crippen molar-refractivity contribution in [2.45, 2.75) is 24.5 Å². The average Bonchev–Trinajstić information content (AvgIpc) is 2.97. The van der Waals surface area contributed by atoms with Gasteiger partial charge in [0.15, 0.2) is 27.9 Å². The first-order valence-corrected chi connectivity index (χ1v) is 8.79. The van der Waals surface area contributed by atoms with Gasteiger partial charge in [-0.25, -0.2) is 19.5 Å². The van der Waals surface area contributed by atoms with E-state index in [-0.39, 0.29) is 12.4 Å². The van der Waals surface area contributed by atoms with E-state index in [0.717, 1.165) is 0 Å². The van der Waals surface area contributed by atoms with Crippen molar-refractivity contribution < 1.29 is 28.3 Å². The number of ether oxygens (including phenoxy) is 1. The highest BCUT2D eigenvalue weighted by Gasteiger charge is 2.53. The highest BCUT2D eigenvalue weighted by Crippen LogP contribution is 2.52. The smallest absolute Gasteiger partial charge is 0.386 e. The molecular weight excluding hydrogens is 397 g/mol. The normalized spacial score (nSPS) is 37.2. The summed E-state index contributed by atoms with van der Waals surface area (Å²) in [5.74, 6) is 0.179. The zero-order chi connectivity index (χ0) is 16.4. The molecule has 13 heteroatoms. The molecule has 4 rings (SSSR count). The lowest BCUT2D eigenvalue weighted by atomic mass is 10.1. The number of nitrogen functional groups attached to an aromatic ring is 1. The van der Waals surface area contributed by atoms with Crippen LogP contribution in [0.4, 0.5) is 5.82 Å². The summed E-state index contributed by atoms with van der Waals surface area (Å²) in [5.41, 5.74) is 6.45. The molecule has 4 heterocycles. The Balaban J connectivity index is 1.76. The molecule has 2 aliphatic rings. The molecule has 0 aliphatic carbocycles. The Morgan fingerprint density at radius 1 is 1.48 bits per heavy atom. The number of anilines is 1. The minimum absolute atomic E-state index is 0.173. The second kappa shape index (κ2) is 5.18. The Hall–Kier alpha value is -1.14. The molecule has 11 nitrogen and oxygen atoms in total. The van der Waals surface area contributed by atoms with Crippen LogP contribution in [-0.2, 0) is 18.3 Å². The maximum atomic E-state index is 11.5. The van der Waals surface area contributed by atoms with E-state index in [1.165, 1.54) is 10.9 Å². The maximum absolute atomic E-state index is 11.5. The number of aliphatic hydroxyl groups is 1. The van der Waals surface area contributed by atoms with Crippen LogP contribution in [0.2, 0.25) is 0 Å². The fraction of sp³-hybridized carbons (Fsp3) is 0.500. The Kier molecular flexibility index (Phi) is 3.47. The Labute approximate surface area is 137 Å². The van der Waals surface area contributed by atoms with Gasteiger partial charge < -0.3 is 20.5 Å². The summed E-state index contributed by atoms with van der Waals surface area (Å²) in [4.78, 5) is 21.5. The molecule has 2 aromatic rings. The lowest BCUT2D eigenvalue weighted by Gasteiger charge is -2.27. The molecule has 2 aromatic heterocycles. The molecule has 0 saturated carbocycles. The number of fused-ring (bicyclic) bond motifs is 2. The molecule has 0 radical (unpaired) electrons. The monoisotopic (exact) mass is 407 g/mol. The number of phosphoric ester groups is 1. The summed E-state index contributed by atoms with van der Waals surface area (Å²) in [6.07, 6.45) is -2.62. The number of hydrogen-bond donors (Lipinski definition) is 3. The first-order chi connectivity index (χ1) is 10.9. The van der Waals surface area contributed by atoms with Crippen LogP contribution in [-0.4, -0.2) is 54.4 Å². The lowest BCUT2D eigenvalue weighted by Crippen LogP contribution is -2.39. The zero-order valence-corrected chi connectivity index (χ0v) is 13.8. The zero-order valence-electron chi connectivity index (χ0n) is 11.3. The third-order valence-electron chi connectivity index (χ3n) is 3.68. The van der Waals surface area contributed by atoms with Crippen LogP contribution < -0.4 is 5.73 Å². The van der Waals surface area contributed by atoms with Crippen LogP contribution in [0.1, 0.15) is 6.23 Å². The fourth-order valence-corrected chi connectivity index (χ4v) is 4.19. The number of hydrogen-bond acceptors (Lipinski definition) is 9. The molecule has 0 spiro atoms. The van der Waals surface area contributed by atoms with Crippen LogP contribution in [0, 0.1) is 0 Å². The second-order valence-electron chi connectivity index (χ2n) is 5.07. The van der Waals surface area contributed by atoms with Crippen LogP contribution >= 0.6 is 23.8 Å². The minimum atomic E-state index is -4.19. The second-order valence-corrected chi connectivity index (χ2v) is 7.19. The first kappa shape index (κ1) is 15.4. The number of nitrogens with two attached hydrogens (primary N) is 1. The standard InChI is InChI=1S/C10H11BrN5O6P/c11-10-15-4-7(12)13-2-14-8(4)16(10)9-5(17)6-3(21-9)1-20-23(18,19)22-6/h2-3,5-6,9,17H,1H2,(H,18,19)(H2,12,13,14)/t3-,5-,6-,9-/m1/s1. The fourth-order valence-electron chi connectivity index (χ4n) is 2.67. The van der Waals surface area contributed by atoms with E-state index in [1.54, 1.807) is 0 Å². The lowest BCUT2D eigenvalue weighted by molar-refractivity contribution is -0.0669. The molecule has 5 atom stereocenters. The van der Waals surface area contributed by atoms with Crippen LogP contribution in [0.3, 0.4) is 0 Å². The largest absolute Gasteiger partial charge is 0.472 e. The molecule has 0 bridgehead atoms. The van der Waals surface area contributed by atoms with Crippen molar-refractivity contribution in [2.24, 2.45) is 0 Å². The van der Waals surface area contributed by atoms with E-state index in [9.17, 15) is 14.6 Å². The van der Waals surface area contributed by atoms with Crippen molar-refractivity contribution in [3.05, 3.63) is 11.1 Å². The van der Waals surface area contributed by atoms with Gasteiger partial charge >= 0.3 is 7.82 Å². The molecule has 0 amide bonds. The van der Waals surface area contributed by atoms with E-state index >= 15 is 0 Å². The third kappa shape index (κ3) is 2.38. The Morgan fingerprint density at radius 3 is 3.04 bits per heavy atom. The Morgan fingerprint density at radius 2 is 2.26 bits per heavy atom. The maximum Gasteiger partial charge on any atom is 0.472 e. The van der Waals surface area contributed by atoms with Gasteiger partial charge in [-0.15, -0.1) is 0 Å². The number of nitrogens with zero attached hydrogens (tertiary/aromatic N) is 4. The predicted octanol–water partition coefficient (Wildman–Crippen LogP) is -0.0549. The SMILES string of the molecule is Nc1ncnc2c1nc(Br)n2[C@@H]1O[C@@H]2COP(=O)(O)O[C@H]2[C@H]1O. The Bertz CT molecular complexity index is 831. The van der Waals surface area contributed by atoms with Crippen molar-refractivity contribution in [1.29, 1.82) is 0 Å². The first-order valence-electron chi connectivity index (χ1n) is 6.50. The van der Waals surface area contributed by atoms with Crippen molar-refractivity contribution in [2.75, 3.05) is 12.3 Å². The molecule has 2 aliphatic heterocycles. The molecule has 4 N–H and O–H groups in total. The topological polar surface area (TPSA) is 155 Å². The van der Waals surface area contributed by atoms with Crippen molar-refractivity contribution in [1.82, 2.24) is 19.5 Å². The number of rotatable bonds is 1. The highest BCUT2D eigenvalue weighted by molar-refractivity contribution is 9.10. The summed E-state index contributed by atoms with van der Waals surface area (Å²) in [5, 5.41) is 10.5. The summed E-state index contributed by atoms with van der Waals surface area (Å²) < 4.78 is 28.6. The third-order valence-corrected chi connectivity index (χ3v) is 5.23. The number of halogens is 1. The van der Waals surface area contributed by atoms with Gasteiger partial charge in [-0.2, -0.15) is 0 Å². The molecule has 2 saturated heterocycles. The van der Waals surface area contributed by atoms with E-state index in [4.69, 9.17) is 19.5 Å².